The topological polar surface area (TPSA) is 20.2 Å². The number of rotatable bonds is 0. The van der Waals surface area contributed by atoms with Crippen LogP contribution in [0.2, 0.25) is 0 Å². The molecule has 0 fully saturated rings. The van der Waals surface area contributed by atoms with Gasteiger partial charge in [-0.2, -0.15) is 0 Å². The third kappa shape index (κ3) is 1.35. The Bertz CT molecular complexity index is 137. The first-order valence-electron chi connectivity index (χ1n) is 2.51. The van der Waals surface area contributed by atoms with Crippen LogP contribution < -0.4 is 0 Å². The zero-order chi connectivity index (χ0) is 5.98. The van der Waals surface area contributed by atoms with Crippen LogP contribution >= 0.6 is 11.6 Å². The number of halogens is 1. The quantitative estimate of drug-likeness (QED) is 0.526. The Hall–Kier alpha value is -0.270. The predicted octanol–water partition coefficient (Wildman–Crippen LogP) is 1.43. The number of aliphatic hydroxyl groups is 1. The fourth-order valence-corrected chi connectivity index (χ4v) is 0.862. The maximum Gasteiger partial charge on any atom is 0.0772 e. The molecule has 0 aromatic heterocycles. The second-order valence-electron chi connectivity index (χ2n) is 1.76. The number of hydrogen-bond acceptors (Lipinski definition) is 1. The molecule has 1 rings (SSSR count). The molecule has 0 bridgehead atoms. The van der Waals surface area contributed by atoms with Crippen LogP contribution in [0.5, 0.6) is 0 Å². The Morgan fingerprint density at radius 2 is 2.50 bits per heavy atom. The van der Waals surface area contributed by atoms with E-state index >= 15 is 0 Å². The van der Waals surface area contributed by atoms with Crippen LogP contribution in [0.4, 0.5) is 0 Å². The SMILES string of the molecule is OC1C=C(Cl)C=CC1. The average Bonchev–Trinajstić information content (AvgIpc) is 1.64. The molecule has 0 radical (unpaired) electrons. The van der Waals surface area contributed by atoms with Crippen molar-refractivity contribution in [2.45, 2.75) is 12.5 Å². The van der Waals surface area contributed by atoms with Crippen LogP contribution in [0.3, 0.4) is 0 Å². The smallest absolute Gasteiger partial charge is 0.0772 e. The van der Waals surface area contributed by atoms with Crippen molar-refractivity contribution in [3.8, 4) is 0 Å². The van der Waals surface area contributed by atoms with Gasteiger partial charge in [0.2, 0.25) is 0 Å². The highest BCUT2D eigenvalue weighted by Gasteiger charge is 2.01. The second kappa shape index (κ2) is 2.33. The van der Waals surface area contributed by atoms with E-state index in [0.717, 1.165) is 0 Å². The molecule has 1 unspecified atom stereocenters. The van der Waals surface area contributed by atoms with Crippen LogP contribution in [-0.2, 0) is 0 Å². The van der Waals surface area contributed by atoms with Gasteiger partial charge in [-0.15, -0.1) is 0 Å². The summed E-state index contributed by atoms with van der Waals surface area (Å²) in [6.07, 6.45) is 5.59. The van der Waals surface area contributed by atoms with Crippen molar-refractivity contribution in [1.82, 2.24) is 0 Å². The zero-order valence-corrected chi connectivity index (χ0v) is 5.10. The number of aliphatic hydroxyl groups excluding tert-OH is 1. The molecule has 1 aliphatic carbocycles. The lowest BCUT2D eigenvalue weighted by atomic mass is 10.1. The molecule has 0 aromatic carbocycles. The zero-order valence-electron chi connectivity index (χ0n) is 4.34. The minimum Gasteiger partial charge on any atom is -0.389 e. The van der Waals surface area contributed by atoms with Gasteiger partial charge >= 0.3 is 0 Å². The molecule has 1 aliphatic rings. The van der Waals surface area contributed by atoms with Crippen molar-refractivity contribution in [2.75, 3.05) is 0 Å². The molecular formula is C6H7ClO. The highest BCUT2D eigenvalue weighted by atomic mass is 35.5. The van der Waals surface area contributed by atoms with Gasteiger partial charge in [-0.05, 0) is 18.6 Å². The van der Waals surface area contributed by atoms with Gasteiger partial charge < -0.3 is 5.11 Å². The second-order valence-corrected chi connectivity index (χ2v) is 2.19. The molecule has 0 saturated heterocycles. The molecule has 44 valence electrons. The summed E-state index contributed by atoms with van der Waals surface area (Å²) in [5.74, 6) is 0. The average molecular weight is 131 g/mol. The van der Waals surface area contributed by atoms with Gasteiger partial charge in [-0.3, -0.25) is 0 Å². The Labute approximate surface area is 53.3 Å². The third-order valence-corrected chi connectivity index (χ3v) is 1.26. The summed E-state index contributed by atoms with van der Waals surface area (Å²) < 4.78 is 0. The van der Waals surface area contributed by atoms with E-state index < -0.39 is 0 Å². The first kappa shape index (κ1) is 5.86. The fraction of sp³-hybridized carbons (Fsp3) is 0.333. The van der Waals surface area contributed by atoms with E-state index in [2.05, 4.69) is 0 Å². The van der Waals surface area contributed by atoms with Gasteiger partial charge in [0, 0.05) is 5.03 Å². The number of allylic oxidation sites excluding steroid dienone is 2. The van der Waals surface area contributed by atoms with Crippen LogP contribution in [0.1, 0.15) is 6.42 Å². The molecule has 0 saturated carbocycles. The molecule has 0 heterocycles. The minimum atomic E-state index is -0.368. The van der Waals surface area contributed by atoms with Crippen molar-refractivity contribution >= 4 is 11.6 Å². The van der Waals surface area contributed by atoms with E-state index in [-0.39, 0.29) is 6.10 Å². The molecular weight excluding hydrogens is 124 g/mol. The van der Waals surface area contributed by atoms with Crippen LogP contribution in [0.25, 0.3) is 0 Å². The van der Waals surface area contributed by atoms with Gasteiger partial charge in [0.1, 0.15) is 0 Å². The molecule has 0 amide bonds. The lowest BCUT2D eigenvalue weighted by Gasteiger charge is -2.04. The first-order valence-corrected chi connectivity index (χ1v) is 2.89. The third-order valence-electron chi connectivity index (χ3n) is 1.01. The largest absolute Gasteiger partial charge is 0.389 e. The minimum absolute atomic E-state index is 0.368. The lowest BCUT2D eigenvalue weighted by molar-refractivity contribution is 0.225. The van der Waals surface area contributed by atoms with Gasteiger partial charge in [0.15, 0.2) is 0 Å². The Morgan fingerprint density at radius 3 is 2.88 bits per heavy atom. The van der Waals surface area contributed by atoms with E-state index in [9.17, 15) is 0 Å². The Morgan fingerprint density at radius 1 is 1.75 bits per heavy atom. The van der Waals surface area contributed by atoms with Crippen LogP contribution in [0, 0.1) is 0 Å². The van der Waals surface area contributed by atoms with E-state index in [4.69, 9.17) is 16.7 Å². The van der Waals surface area contributed by atoms with Crippen molar-refractivity contribution < 1.29 is 5.11 Å². The maximum absolute atomic E-state index is 8.87. The molecule has 1 nitrogen and oxygen atoms in total. The monoisotopic (exact) mass is 130 g/mol. The van der Waals surface area contributed by atoms with Crippen molar-refractivity contribution in [1.29, 1.82) is 0 Å². The summed E-state index contributed by atoms with van der Waals surface area (Å²) >= 11 is 5.53. The fourth-order valence-electron chi connectivity index (χ4n) is 0.627. The lowest BCUT2D eigenvalue weighted by Crippen LogP contribution is -2.02. The van der Waals surface area contributed by atoms with Crippen LogP contribution in [0.15, 0.2) is 23.3 Å². The van der Waals surface area contributed by atoms with Crippen molar-refractivity contribution in [2.24, 2.45) is 0 Å². The summed E-state index contributed by atoms with van der Waals surface area (Å²) in [5.41, 5.74) is 0. The van der Waals surface area contributed by atoms with Gasteiger partial charge in [-0.25, -0.2) is 0 Å². The summed E-state index contributed by atoms with van der Waals surface area (Å²) in [6, 6.07) is 0. The molecule has 0 aliphatic heterocycles. The molecule has 2 heteroatoms. The predicted molar refractivity (Wildman–Crippen MR) is 33.7 cm³/mol. The molecule has 0 aromatic rings. The highest BCUT2D eigenvalue weighted by Crippen LogP contribution is 2.12. The van der Waals surface area contributed by atoms with Gasteiger partial charge in [0.05, 0.1) is 6.10 Å². The number of hydrogen-bond donors (Lipinski definition) is 1. The molecule has 0 spiro atoms. The van der Waals surface area contributed by atoms with E-state index in [0.29, 0.717) is 11.5 Å². The normalized spacial score (nSPS) is 27.8. The maximum atomic E-state index is 8.87. The molecule has 8 heavy (non-hydrogen) atoms. The summed E-state index contributed by atoms with van der Waals surface area (Å²) in [4.78, 5) is 0. The summed E-state index contributed by atoms with van der Waals surface area (Å²) in [5, 5.41) is 9.50. The Balaban J connectivity index is 2.63. The Kier molecular flexibility index (Phi) is 1.71. The van der Waals surface area contributed by atoms with Crippen LogP contribution in [-0.4, -0.2) is 11.2 Å². The standard InChI is InChI=1S/C6H7ClO/c7-5-2-1-3-6(8)4-5/h1-2,4,6,8H,3H2. The molecule has 1 N–H and O–H groups in total. The van der Waals surface area contributed by atoms with E-state index in [1.54, 1.807) is 12.2 Å². The van der Waals surface area contributed by atoms with Crippen molar-refractivity contribution in [3.05, 3.63) is 23.3 Å². The van der Waals surface area contributed by atoms with Gasteiger partial charge in [-0.1, -0.05) is 17.7 Å². The van der Waals surface area contributed by atoms with E-state index in [1.807, 2.05) is 6.08 Å². The summed E-state index contributed by atoms with van der Waals surface area (Å²) in [7, 11) is 0. The molecule has 1 atom stereocenters. The highest BCUT2D eigenvalue weighted by molar-refractivity contribution is 6.31. The van der Waals surface area contributed by atoms with E-state index in [1.165, 1.54) is 0 Å². The first-order chi connectivity index (χ1) is 3.79. The van der Waals surface area contributed by atoms with Gasteiger partial charge in [0.25, 0.3) is 0 Å². The van der Waals surface area contributed by atoms with Crippen molar-refractivity contribution in [3.63, 3.8) is 0 Å². The summed E-state index contributed by atoms with van der Waals surface area (Å²) in [6.45, 7) is 0.